The fourth-order valence-electron chi connectivity index (χ4n) is 3.48. The van der Waals surface area contributed by atoms with E-state index in [4.69, 9.17) is 0 Å². The zero-order chi connectivity index (χ0) is 19.7. The number of hydrogen-bond acceptors (Lipinski definition) is 5. The minimum absolute atomic E-state index is 0.00218. The predicted octanol–water partition coefficient (Wildman–Crippen LogP) is 4.11. The molecule has 28 heavy (non-hydrogen) atoms. The summed E-state index contributed by atoms with van der Waals surface area (Å²) in [5.41, 5.74) is 3.66. The summed E-state index contributed by atoms with van der Waals surface area (Å²) in [5, 5.41) is 2.83. The lowest BCUT2D eigenvalue weighted by molar-refractivity contribution is 0.102. The van der Waals surface area contributed by atoms with E-state index in [1.54, 1.807) is 33.3 Å². The van der Waals surface area contributed by atoms with Gasteiger partial charge in [0.25, 0.3) is 5.91 Å². The molecule has 0 aliphatic carbocycles. The Kier molecular flexibility index (Phi) is 5.18. The third kappa shape index (κ3) is 3.67. The van der Waals surface area contributed by atoms with Crippen LogP contribution in [0, 0.1) is 0 Å². The number of carbonyl (C=O) groups is 1. The van der Waals surface area contributed by atoms with Crippen molar-refractivity contribution in [2.45, 2.75) is 37.1 Å². The van der Waals surface area contributed by atoms with E-state index in [1.165, 1.54) is 12.1 Å². The van der Waals surface area contributed by atoms with Crippen LogP contribution >= 0.6 is 11.3 Å². The molecule has 0 bridgehead atoms. The van der Waals surface area contributed by atoms with Gasteiger partial charge >= 0.3 is 0 Å². The number of aromatic nitrogens is 1. The smallest absolute Gasteiger partial charge is 0.255 e. The minimum atomic E-state index is -3.54. The fraction of sp³-hybridized carbons (Fsp3) is 0.300. The van der Waals surface area contributed by atoms with Crippen LogP contribution in [0.15, 0.2) is 52.9 Å². The van der Waals surface area contributed by atoms with Crippen LogP contribution in [0.5, 0.6) is 0 Å². The van der Waals surface area contributed by atoms with Crippen molar-refractivity contribution in [1.29, 1.82) is 0 Å². The van der Waals surface area contributed by atoms with E-state index in [0.717, 1.165) is 29.5 Å². The molecule has 3 aromatic rings. The summed E-state index contributed by atoms with van der Waals surface area (Å²) in [6.07, 6.45) is 2.81. The van der Waals surface area contributed by atoms with Crippen molar-refractivity contribution in [3.05, 3.63) is 53.5 Å². The van der Waals surface area contributed by atoms with Gasteiger partial charge in [-0.3, -0.25) is 4.79 Å². The van der Waals surface area contributed by atoms with Crippen molar-refractivity contribution in [2.24, 2.45) is 0 Å². The summed E-state index contributed by atoms with van der Waals surface area (Å²) < 4.78 is 28.4. The molecule has 4 rings (SSSR count). The zero-order valence-electron chi connectivity index (χ0n) is 15.5. The molecule has 0 spiro atoms. The quantitative estimate of drug-likeness (QED) is 0.695. The number of nitrogens with one attached hydrogen (secondary N) is 1. The number of fused-ring (bicyclic) bond motifs is 1. The Hall–Kier alpha value is -2.29. The molecule has 1 aliphatic heterocycles. The highest BCUT2D eigenvalue weighted by Crippen LogP contribution is 2.26. The second kappa shape index (κ2) is 7.62. The molecule has 2 aromatic carbocycles. The van der Waals surface area contributed by atoms with Crippen LogP contribution in [0.2, 0.25) is 0 Å². The molecule has 1 amide bonds. The Morgan fingerprint density at radius 1 is 1.18 bits per heavy atom. The molecular formula is C20H21N3O3S2. The van der Waals surface area contributed by atoms with Crippen molar-refractivity contribution >= 4 is 43.2 Å². The van der Waals surface area contributed by atoms with Crippen LogP contribution in [0.4, 0.5) is 5.69 Å². The highest BCUT2D eigenvalue weighted by atomic mass is 32.2. The van der Waals surface area contributed by atoms with E-state index >= 15 is 0 Å². The Labute approximate surface area is 168 Å². The van der Waals surface area contributed by atoms with Crippen molar-refractivity contribution < 1.29 is 13.2 Å². The standard InChI is InChI=1S/C20H21N3O3S2/c1-14-4-2-3-11-23(14)28(25,26)17-8-5-15(6-9-17)20(24)22-16-7-10-19-18(12-16)21-13-27-19/h5-10,12-14H,2-4,11H2,1H3,(H,22,24)/t14-/m0/s1. The molecule has 0 unspecified atom stereocenters. The topological polar surface area (TPSA) is 79.4 Å². The van der Waals surface area contributed by atoms with Gasteiger partial charge in [-0.05, 0) is 62.2 Å². The predicted molar refractivity (Wildman–Crippen MR) is 111 cm³/mol. The number of benzene rings is 2. The number of rotatable bonds is 4. The number of amides is 1. The van der Waals surface area contributed by atoms with Gasteiger partial charge in [-0.2, -0.15) is 4.31 Å². The second-order valence-corrected chi connectivity index (χ2v) is 9.75. The summed E-state index contributed by atoms with van der Waals surface area (Å²) in [4.78, 5) is 17.0. The fourth-order valence-corrected chi connectivity index (χ4v) is 5.84. The van der Waals surface area contributed by atoms with Crippen LogP contribution in [-0.4, -0.2) is 36.2 Å². The van der Waals surface area contributed by atoms with Gasteiger partial charge in [-0.15, -0.1) is 11.3 Å². The summed E-state index contributed by atoms with van der Waals surface area (Å²) in [7, 11) is -3.54. The number of thiazole rings is 1. The van der Waals surface area contributed by atoms with Gasteiger partial charge in [-0.25, -0.2) is 13.4 Å². The molecule has 6 nitrogen and oxygen atoms in total. The van der Waals surface area contributed by atoms with Crippen LogP contribution in [0.1, 0.15) is 36.5 Å². The molecular weight excluding hydrogens is 394 g/mol. The molecule has 1 N–H and O–H groups in total. The molecule has 1 atom stereocenters. The maximum Gasteiger partial charge on any atom is 0.255 e. The molecule has 1 saturated heterocycles. The molecule has 0 radical (unpaired) electrons. The Morgan fingerprint density at radius 3 is 2.71 bits per heavy atom. The Morgan fingerprint density at radius 2 is 1.96 bits per heavy atom. The maximum absolute atomic E-state index is 12.9. The largest absolute Gasteiger partial charge is 0.322 e. The first kappa shape index (κ1) is 19.0. The summed E-state index contributed by atoms with van der Waals surface area (Å²) in [6, 6.07) is 11.7. The third-order valence-electron chi connectivity index (χ3n) is 5.05. The van der Waals surface area contributed by atoms with Crippen molar-refractivity contribution in [2.75, 3.05) is 11.9 Å². The lowest BCUT2D eigenvalue weighted by Crippen LogP contribution is -2.41. The number of anilines is 1. The van der Waals surface area contributed by atoms with Crippen LogP contribution in [-0.2, 0) is 10.0 Å². The average Bonchev–Trinajstić information content (AvgIpc) is 3.16. The third-order valence-corrected chi connectivity index (χ3v) is 7.89. The minimum Gasteiger partial charge on any atom is -0.322 e. The van der Waals surface area contributed by atoms with Crippen LogP contribution < -0.4 is 5.32 Å². The first-order chi connectivity index (χ1) is 13.4. The molecule has 1 fully saturated rings. The van der Waals surface area contributed by atoms with Crippen LogP contribution in [0.3, 0.4) is 0 Å². The molecule has 8 heteroatoms. The van der Waals surface area contributed by atoms with Gasteiger partial charge in [0, 0.05) is 23.8 Å². The lowest BCUT2D eigenvalue weighted by Gasteiger charge is -2.32. The number of piperidine rings is 1. The molecule has 0 saturated carbocycles. The number of carbonyl (C=O) groups excluding carboxylic acids is 1. The Bertz CT molecular complexity index is 1110. The first-order valence-electron chi connectivity index (χ1n) is 9.22. The van der Waals surface area contributed by atoms with E-state index in [0.29, 0.717) is 17.8 Å². The van der Waals surface area contributed by atoms with Gasteiger partial charge in [0.05, 0.1) is 20.6 Å². The molecule has 1 aliphatic rings. The molecule has 1 aromatic heterocycles. The van der Waals surface area contributed by atoms with Crippen molar-refractivity contribution in [3.8, 4) is 0 Å². The van der Waals surface area contributed by atoms with E-state index in [9.17, 15) is 13.2 Å². The summed E-state index contributed by atoms with van der Waals surface area (Å²) in [6.45, 7) is 2.49. The van der Waals surface area contributed by atoms with Gasteiger partial charge in [0.1, 0.15) is 0 Å². The average molecular weight is 416 g/mol. The van der Waals surface area contributed by atoms with E-state index in [2.05, 4.69) is 10.3 Å². The monoisotopic (exact) mass is 415 g/mol. The van der Waals surface area contributed by atoms with Crippen LogP contribution in [0.25, 0.3) is 10.2 Å². The highest BCUT2D eigenvalue weighted by molar-refractivity contribution is 7.89. The lowest BCUT2D eigenvalue weighted by atomic mass is 10.1. The summed E-state index contributed by atoms with van der Waals surface area (Å²) in [5.74, 6) is -0.287. The first-order valence-corrected chi connectivity index (χ1v) is 11.5. The van der Waals surface area contributed by atoms with Gasteiger partial charge < -0.3 is 5.32 Å². The highest BCUT2D eigenvalue weighted by Gasteiger charge is 2.30. The molecule has 146 valence electrons. The van der Waals surface area contributed by atoms with Gasteiger partial charge in [0.15, 0.2) is 0 Å². The van der Waals surface area contributed by atoms with Gasteiger partial charge in [-0.1, -0.05) is 6.42 Å². The Balaban J connectivity index is 1.51. The van der Waals surface area contributed by atoms with Crippen molar-refractivity contribution in [1.82, 2.24) is 9.29 Å². The zero-order valence-corrected chi connectivity index (χ0v) is 17.1. The number of nitrogens with zero attached hydrogens (tertiary/aromatic N) is 2. The number of hydrogen-bond donors (Lipinski definition) is 1. The van der Waals surface area contributed by atoms with E-state index < -0.39 is 10.0 Å². The SMILES string of the molecule is C[C@H]1CCCCN1S(=O)(=O)c1ccc(C(=O)Nc2ccc3scnc3c2)cc1. The second-order valence-electron chi connectivity index (χ2n) is 6.97. The van der Waals surface area contributed by atoms with Crippen molar-refractivity contribution in [3.63, 3.8) is 0 Å². The summed E-state index contributed by atoms with van der Waals surface area (Å²) >= 11 is 1.54. The maximum atomic E-state index is 12.9. The number of sulfonamides is 1. The van der Waals surface area contributed by atoms with Gasteiger partial charge in [0.2, 0.25) is 10.0 Å². The van der Waals surface area contributed by atoms with E-state index in [1.807, 2.05) is 25.1 Å². The van der Waals surface area contributed by atoms with E-state index in [-0.39, 0.29) is 16.8 Å². The molecule has 2 heterocycles. The normalized spacial score (nSPS) is 18.2.